The van der Waals surface area contributed by atoms with Crippen molar-refractivity contribution in [2.24, 2.45) is 0 Å². The molecule has 0 fully saturated rings. The number of nitro benzene ring substituents is 1. The van der Waals surface area contributed by atoms with E-state index < -0.39 is 29.0 Å². The summed E-state index contributed by atoms with van der Waals surface area (Å²) in [6.45, 7) is -0.591. The molecule has 0 heterocycles. The Bertz CT molecular complexity index is 917. The quantitative estimate of drug-likeness (QED) is 0.269. The van der Waals surface area contributed by atoms with Gasteiger partial charge < -0.3 is 10.1 Å². The number of ether oxygens (including phenoxy) is 1. The van der Waals surface area contributed by atoms with Gasteiger partial charge in [0, 0.05) is 28.2 Å². The standard InChI is InChI=1S/C18H14BrClN2O6/c19-12-2-4-13(5-3-12)21-17(24)7-8-18(25)28-10-16(23)11-1-6-14(20)15(9-11)22(26)27/h1-6,9H,7-8,10H2,(H,21,24). The number of ketones is 1. The number of carbonyl (C=O) groups excluding carboxylic acids is 3. The van der Waals surface area contributed by atoms with Gasteiger partial charge in [-0.15, -0.1) is 0 Å². The zero-order valence-electron chi connectivity index (χ0n) is 14.3. The van der Waals surface area contributed by atoms with Crippen molar-refractivity contribution >= 4 is 56.6 Å². The third kappa shape index (κ3) is 6.43. The van der Waals surface area contributed by atoms with Crippen LogP contribution in [0.5, 0.6) is 0 Å². The van der Waals surface area contributed by atoms with Crippen molar-refractivity contribution in [3.63, 3.8) is 0 Å². The van der Waals surface area contributed by atoms with E-state index in [-0.39, 0.29) is 29.3 Å². The Kier molecular flexibility index (Phi) is 7.65. The van der Waals surface area contributed by atoms with Gasteiger partial charge in [-0.25, -0.2) is 0 Å². The van der Waals surface area contributed by atoms with Crippen LogP contribution >= 0.6 is 27.5 Å². The van der Waals surface area contributed by atoms with Crippen LogP contribution < -0.4 is 5.32 Å². The van der Waals surface area contributed by atoms with Crippen LogP contribution in [0.15, 0.2) is 46.9 Å². The molecule has 0 saturated carbocycles. The summed E-state index contributed by atoms with van der Waals surface area (Å²) >= 11 is 8.96. The summed E-state index contributed by atoms with van der Waals surface area (Å²) in [5.41, 5.74) is 0.168. The summed E-state index contributed by atoms with van der Waals surface area (Å²) < 4.78 is 5.69. The molecule has 2 aromatic carbocycles. The van der Waals surface area contributed by atoms with E-state index in [0.717, 1.165) is 10.5 Å². The highest BCUT2D eigenvalue weighted by molar-refractivity contribution is 9.10. The Morgan fingerprint density at radius 1 is 1.11 bits per heavy atom. The fourth-order valence-corrected chi connectivity index (χ4v) is 2.55. The maximum atomic E-state index is 12.0. The van der Waals surface area contributed by atoms with E-state index >= 15 is 0 Å². The Balaban J connectivity index is 1.79. The first-order chi connectivity index (χ1) is 13.3. The Hall–Kier alpha value is -2.78. The molecule has 8 nitrogen and oxygen atoms in total. The van der Waals surface area contributed by atoms with Gasteiger partial charge in [0.2, 0.25) is 11.7 Å². The number of nitrogens with one attached hydrogen (secondary N) is 1. The van der Waals surface area contributed by atoms with Crippen molar-refractivity contribution in [3.8, 4) is 0 Å². The van der Waals surface area contributed by atoms with Crippen molar-refractivity contribution in [2.45, 2.75) is 12.8 Å². The third-order valence-electron chi connectivity index (χ3n) is 3.51. The number of carbonyl (C=O) groups is 3. The number of rotatable bonds is 8. The number of esters is 1. The van der Waals surface area contributed by atoms with Gasteiger partial charge in [-0.2, -0.15) is 0 Å². The zero-order valence-corrected chi connectivity index (χ0v) is 16.7. The lowest BCUT2D eigenvalue weighted by Crippen LogP contribution is -2.17. The van der Waals surface area contributed by atoms with E-state index in [4.69, 9.17) is 16.3 Å². The van der Waals surface area contributed by atoms with Gasteiger partial charge in [-0.3, -0.25) is 24.5 Å². The van der Waals surface area contributed by atoms with Crippen molar-refractivity contribution < 1.29 is 24.0 Å². The SMILES string of the molecule is O=C(CCC(=O)OCC(=O)c1ccc(Cl)c([N+](=O)[O-])c1)Nc1ccc(Br)cc1. The molecule has 1 N–H and O–H groups in total. The monoisotopic (exact) mass is 468 g/mol. The van der Waals surface area contributed by atoms with Gasteiger partial charge in [0.1, 0.15) is 5.02 Å². The van der Waals surface area contributed by atoms with Crippen molar-refractivity contribution in [3.05, 3.63) is 67.6 Å². The summed E-state index contributed by atoms with van der Waals surface area (Å²) in [5.74, 6) is -1.73. The average molecular weight is 470 g/mol. The molecule has 10 heteroatoms. The molecule has 0 aromatic heterocycles. The molecule has 0 aliphatic heterocycles. The van der Waals surface area contributed by atoms with Crippen molar-refractivity contribution in [1.82, 2.24) is 0 Å². The van der Waals surface area contributed by atoms with Crippen LogP contribution in [0.3, 0.4) is 0 Å². The number of halogens is 2. The highest BCUT2D eigenvalue weighted by atomic mass is 79.9. The number of hydrogen-bond acceptors (Lipinski definition) is 6. The highest BCUT2D eigenvalue weighted by Crippen LogP contribution is 2.25. The summed E-state index contributed by atoms with van der Waals surface area (Å²) in [5, 5.41) is 13.4. The van der Waals surface area contributed by atoms with E-state index in [9.17, 15) is 24.5 Å². The lowest BCUT2D eigenvalue weighted by molar-refractivity contribution is -0.384. The van der Waals surface area contributed by atoms with Gasteiger partial charge in [0.15, 0.2) is 6.61 Å². The number of hydrogen-bond donors (Lipinski definition) is 1. The van der Waals surface area contributed by atoms with Gasteiger partial charge in [-0.1, -0.05) is 27.5 Å². The van der Waals surface area contributed by atoms with Gasteiger partial charge in [0.25, 0.3) is 5.69 Å². The van der Waals surface area contributed by atoms with E-state index in [0.29, 0.717) is 5.69 Å². The van der Waals surface area contributed by atoms with Gasteiger partial charge >= 0.3 is 5.97 Å². The molecular formula is C18H14BrClN2O6. The molecular weight excluding hydrogens is 456 g/mol. The molecule has 0 spiro atoms. The summed E-state index contributed by atoms with van der Waals surface area (Å²) in [6.07, 6.45) is -0.327. The first-order valence-electron chi connectivity index (χ1n) is 7.94. The molecule has 2 aromatic rings. The second-order valence-electron chi connectivity index (χ2n) is 5.56. The molecule has 0 aliphatic rings. The van der Waals surface area contributed by atoms with Crippen LogP contribution in [0.2, 0.25) is 5.02 Å². The Labute approximate surface area is 173 Å². The number of amides is 1. The van der Waals surface area contributed by atoms with Crippen LogP contribution in [0.25, 0.3) is 0 Å². The largest absolute Gasteiger partial charge is 0.457 e. The smallest absolute Gasteiger partial charge is 0.306 e. The molecule has 146 valence electrons. The predicted octanol–water partition coefficient (Wildman–Crippen LogP) is 4.16. The minimum absolute atomic E-state index is 0.00289. The van der Waals surface area contributed by atoms with Crippen molar-refractivity contribution in [1.29, 1.82) is 0 Å². The minimum atomic E-state index is -0.734. The lowest BCUT2D eigenvalue weighted by atomic mass is 10.1. The highest BCUT2D eigenvalue weighted by Gasteiger charge is 2.17. The second kappa shape index (κ2) is 9.95. The molecule has 0 unspecified atom stereocenters. The number of nitrogens with zero attached hydrogens (tertiary/aromatic N) is 1. The lowest BCUT2D eigenvalue weighted by Gasteiger charge is -2.06. The first-order valence-corrected chi connectivity index (χ1v) is 9.11. The third-order valence-corrected chi connectivity index (χ3v) is 4.36. The second-order valence-corrected chi connectivity index (χ2v) is 6.89. The molecule has 1 amide bonds. The van der Waals surface area contributed by atoms with Crippen LogP contribution in [-0.4, -0.2) is 29.2 Å². The van der Waals surface area contributed by atoms with E-state index in [1.807, 2.05) is 0 Å². The van der Waals surface area contributed by atoms with E-state index in [1.54, 1.807) is 24.3 Å². The van der Waals surface area contributed by atoms with E-state index in [2.05, 4.69) is 21.2 Å². The average Bonchev–Trinajstić information content (AvgIpc) is 2.66. The first kappa shape index (κ1) is 21.5. The summed E-state index contributed by atoms with van der Waals surface area (Å²) in [7, 11) is 0. The van der Waals surface area contributed by atoms with Gasteiger partial charge in [0.05, 0.1) is 11.3 Å². The maximum Gasteiger partial charge on any atom is 0.306 e. The zero-order chi connectivity index (χ0) is 20.7. The molecule has 0 radical (unpaired) electrons. The fourth-order valence-electron chi connectivity index (χ4n) is 2.10. The van der Waals surface area contributed by atoms with Crippen LogP contribution in [0, 0.1) is 10.1 Å². The van der Waals surface area contributed by atoms with Crippen LogP contribution in [-0.2, 0) is 14.3 Å². The summed E-state index contributed by atoms with van der Waals surface area (Å²) in [4.78, 5) is 45.7. The van der Waals surface area contributed by atoms with Gasteiger partial charge in [-0.05, 0) is 36.4 Å². The molecule has 0 bridgehead atoms. The summed E-state index contributed by atoms with van der Waals surface area (Å²) in [6, 6.07) is 10.5. The number of nitro groups is 1. The van der Waals surface area contributed by atoms with Crippen LogP contribution in [0.1, 0.15) is 23.2 Å². The number of benzene rings is 2. The Morgan fingerprint density at radius 2 is 1.79 bits per heavy atom. The molecule has 0 aliphatic carbocycles. The minimum Gasteiger partial charge on any atom is -0.457 e. The fraction of sp³-hybridized carbons (Fsp3) is 0.167. The molecule has 28 heavy (non-hydrogen) atoms. The van der Waals surface area contributed by atoms with E-state index in [1.165, 1.54) is 12.1 Å². The van der Waals surface area contributed by atoms with Crippen molar-refractivity contribution in [2.75, 3.05) is 11.9 Å². The predicted molar refractivity (Wildman–Crippen MR) is 105 cm³/mol. The molecule has 0 atom stereocenters. The number of Topliss-reactive ketones (excluding diaryl/α,β-unsaturated/α-hetero) is 1. The van der Waals surface area contributed by atoms with Crippen LogP contribution in [0.4, 0.5) is 11.4 Å². The maximum absolute atomic E-state index is 12.0. The molecule has 2 rings (SSSR count). The topological polar surface area (TPSA) is 116 Å². The Morgan fingerprint density at radius 3 is 2.43 bits per heavy atom. The molecule has 0 saturated heterocycles. The number of anilines is 1. The normalized spacial score (nSPS) is 10.2.